The Hall–Kier alpha value is -1.20. The van der Waals surface area contributed by atoms with E-state index in [4.69, 9.17) is 4.74 Å². The minimum atomic E-state index is 0.745. The Bertz CT molecular complexity index is 351. The van der Waals surface area contributed by atoms with Crippen molar-refractivity contribution in [2.75, 3.05) is 38.8 Å². The van der Waals surface area contributed by atoms with Gasteiger partial charge in [-0.25, -0.2) is 9.97 Å². The van der Waals surface area contributed by atoms with Gasteiger partial charge in [-0.15, -0.1) is 0 Å². The van der Waals surface area contributed by atoms with E-state index < -0.39 is 0 Å². The molecule has 1 aromatic rings. The number of anilines is 1. The van der Waals surface area contributed by atoms with E-state index in [2.05, 4.69) is 15.3 Å². The lowest BCUT2D eigenvalue weighted by Crippen LogP contribution is -2.25. The molecule has 5 nitrogen and oxygen atoms in total. The summed E-state index contributed by atoms with van der Waals surface area (Å²) in [4.78, 5) is 10.7. The summed E-state index contributed by atoms with van der Waals surface area (Å²) in [6.07, 6.45) is 6.40. The van der Waals surface area contributed by atoms with Gasteiger partial charge in [-0.05, 0) is 25.8 Å². The monoisotopic (exact) mass is 250 g/mol. The molecule has 1 saturated carbocycles. The van der Waals surface area contributed by atoms with Crippen molar-refractivity contribution >= 4 is 5.95 Å². The van der Waals surface area contributed by atoms with E-state index in [1.165, 1.54) is 12.8 Å². The predicted molar refractivity (Wildman–Crippen MR) is 71.6 cm³/mol. The molecular formula is C13H22N4O. The highest BCUT2D eigenvalue weighted by Crippen LogP contribution is 2.28. The van der Waals surface area contributed by atoms with E-state index >= 15 is 0 Å². The summed E-state index contributed by atoms with van der Waals surface area (Å²) in [7, 11) is 3.91. The second-order valence-corrected chi connectivity index (χ2v) is 4.86. The third-order valence-corrected chi connectivity index (χ3v) is 3.04. The van der Waals surface area contributed by atoms with Crippen molar-refractivity contribution < 1.29 is 4.74 Å². The first kappa shape index (κ1) is 13.2. The molecule has 0 aromatic carbocycles. The number of hydrogen-bond acceptors (Lipinski definition) is 5. The normalized spacial score (nSPS) is 14.8. The molecule has 18 heavy (non-hydrogen) atoms. The zero-order valence-electron chi connectivity index (χ0n) is 11.2. The molecule has 1 aliphatic carbocycles. The van der Waals surface area contributed by atoms with Crippen molar-refractivity contribution in [2.24, 2.45) is 5.92 Å². The summed E-state index contributed by atoms with van der Waals surface area (Å²) in [5.41, 5.74) is 1.10. The Morgan fingerprint density at radius 1 is 1.39 bits per heavy atom. The van der Waals surface area contributed by atoms with Crippen molar-refractivity contribution in [1.29, 1.82) is 0 Å². The second kappa shape index (κ2) is 6.66. The molecule has 100 valence electrons. The van der Waals surface area contributed by atoms with Crippen LogP contribution < -0.4 is 10.2 Å². The standard InChI is InChI=1S/C13H22N4O/c1-14-7-12-8-15-13(16-9-12)17(2)5-6-18-10-11-3-4-11/h8-9,11,14H,3-7,10H2,1-2H3. The second-order valence-electron chi connectivity index (χ2n) is 4.86. The highest BCUT2D eigenvalue weighted by molar-refractivity contribution is 5.28. The fourth-order valence-electron chi connectivity index (χ4n) is 1.68. The summed E-state index contributed by atoms with van der Waals surface area (Å²) in [6, 6.07) is 0. The molecule has 1 fully saturated rings. The fraction of sp³-hybridized carbons (Fsp3) is 0.692. The zero-order chi connectivity index (χ0) is 12.8. The number of nitrogens with one attached hydrogen (secondary N) is 1. The molecular weight excluding hydrogens is 228 g/mol. The quantitative estimate of drug-likeness (QED) is 0.699. The molecule has 0 amide bonds. The molecule has 1 aliphatic rings. The van der Waals surface area contributed by atoms with E-state index in [9.17, 15) is 0 Å². The van der Waals surface area contributed by atoms with Gasteiger partial charge >= 0.3 is 0 Å². The lowest BCUT2D eigenvalue weighted by Gasteiger charge is -2.16. The van der Waals surface area contributed by atoms with Crippen LogP contribution in [0.1, 0.15) is 18.4 Å². The minimum absolute atomic E-state index is 0.745. The Labute approximate surface area is 109 Å². The first-order valence-electron chi connectivity index (χ1n) is 6.54. The van der Waals surface area contributed by atoms with Gasteiger partial charge in [0, 0.05) is 44.7 Å². The molecule has 1 N–H and O–H groups in total. The van der Waals surface area contributed by atoms with Crippen molar-refractivity contribution in [3.8, 4) is 0 Å². The first-order chi connectivity index (χ1) is 8.79. The van der Waals surface area contributed by atoms with Gasteiger partial charge in [0.1, 0.15) is 0 Å². The van der Waals surface area contributed by atoms with Crippen LogP contribution >= 0.6 is 0 Å². The van der Waals surface area contributed by atoms with Gasteiger partial charge < -0.3 is 15.0 Å². The minimum Gasteiger partial charge on any atom is -0.379 e. The van der Waals surface area contributed by atoms with E-state index in [0.717, 1.165) is 43.7 Å². The smallest absolute Gasteiger partial charge is 0.225 e. The SMILES string of the molecule is CNCc1cnc(N(C)CCOCC2CC2)nc1. The molecule has 1 aromatic heterocycles. The maximum atomic E-state index is 5.60. The molecule has 5 heteroatoms. The summed E-state index contributed by atoms with van der Waals surface area (Å²) in [5, 5.41) is 3.08. The molecule has 0 bridgehead atoms. The van der Waals surface area contributed by atoms with Crippen LogP contribution in [-0.2, 0) is 11.3 Å². The molecule has 0 atom stereocenters. The van der Waals surface area contributed by atoms with Crippen LogP contribution in [-0.4, -0.2) is 43.8 Å². The maximum Gasteiger partial charge on any atom is 0.225 e. The van der Waals surface area contributed by atoms with Gasteiger partial charge in [0.05, 0.1) is 6.61 Å². The molecule has 2 rings (SSSR count). The van der Waals surface area contributed by atoms with Gasteiger partial charge in [-0.3, -0.25) is 0 Å². The molecule has 0 spiro atoms. The van der Waals surface area contributed by atoms with Crippen LogP contribution in [0, 0.1) is 5.92 Å². The van der Waals surface area contributed by atoms with E-state index in [-0.39, 0.29) is 0 Å². The van der Waals surface area contributed by atoms with Crippen LogP contribution in [0.2, 0.25) is 0 Å². The van der Waals surface area contributed by atoms with Crippen LogP contribution in [0.3, 0.4) is 0 Å². The zero-order valence-corrected chi connectivity index (χ0v) is 11.2. The topological polar surface area (TPSA) is 50.3 Å². The van der Waals surface area contributed by atoms with Gasteiger partial charge in [0.2, 0.25) is 5.95 Å². The predicted octanol–water partition coefficient (Wildman–Crippen LogP) is 1.06. The summed E-state index contributed by atoms with van der Waals surface area (Å²) in [5.74, 6) is 1.58. The molecule has 0 saturated heterocycles. The van der Waals surface area contributed by atoms with Gasteiger partial charge in [-0.1, -0.05) is 0 Å². The van der Waals surface area contributed by atoms with Crippen molar-refractivity contribution in [3.63, 3.8) is 0 Å². The van der Waals surface area contributed by atoms with E-state index in [1.807, 2.05) is 31.4 Å². The Kier molecular flexibility index (Phi) is 4.90. The van der Waals surface area contributed by atoms with Crippen molar-refractivity contribution in [2.45, 2.75) is 19.4 Å². The largest absolute Gasteiger partial charge is 0.379 e. The Morgan fingerprint density at radius 3 is 2.72 bits per heavy atom. The summed E-state index contributed by atoms with van der Waals surface area (Å²) in [6.45, 7) is 3.29. The maximum absolute atomic E-state index is 5.60. The van der Waals surface area contributed by atoms with Crippen LogP contribution in [0.15, 0.2) is 12.4 Å². The third-order valence-electron chi connectivity index (χ3n) is 3.04. The van der Waals surface area contributed by atoms with Crippen molar-refractivity contribution in [1.82, 2.24) is 15.3 Å². The van der Waals surface area contributed by atoms with Crippen LogP contribution in [0.4, 0.5) is 5.95 Å². The Morgan fingerprint density at radius 2 is 2.11 bits per heavy atom. The van der Waals surface area contributed by atoms with Crippen LogP contribution in [0.25, 0.3) is 0 Å². The van der Waals surface area contributed by atoms with E-state index in [0.29, 0.717) is 0 Å². The fourth-order valence-corrected chi connectivity index (χ4v) is 1.68. The third kappa shape index (κ3) is 4.23. The van der Waals surface area contributed by atoms with Crippen molar-refractivity contribution in [3.05, 3.63) is 18.0 Å². The summed E-state index contributed by atoms with van der Waals surface area (Å²) >= 11 is 0. The molecule has 0 aliphatic heterocycles. The average Bonchev–Trinajstić information content (AvgIpc) is 3.20. The summed E-state index contributed by atoms with van der Waals surface area (Å²) < 4.78 is 5.60. The highest BCUT2D eigenvalue weighted by atomic mass is 16.5. The Balaban J connectivity index is 1.70. The highest BCUT2D eigenvalue weighted by Gasteiger charge is 2.21. The average molecular weight is 250 g/mol. The number of rotatable bonds is 8. The first-order valence-corrected chi connectivity index (χ1v) is 6.54. The number of hydrogen-bond donors (Lipinski definition) is 1. The molecule has 0 radical (unpaired) electrons. The number of ether oxygens (including phenoxy) is 1. The van der Waals surface area contributed by atoms with Gasteiger partial charge in [-0.2, -0.15) is 0 Å². The van der Waals surface area contributed by atoms with Crippen LogP contribution in [0.5, 0.6) is 0 Å². The molecule has 1 heterocycles. The van der Waals surface area contributed by atoms with Gasteiger partial charge in [0.25, 0.3) is 0 Å². The number of likely N-dealkylation sites (N-methyl/N-ethyl adjacent to an activating group) is 1. The molecule has 0 unspecified atom stereocenters. The van der Waals surface area contributed by atoms with Gasteiger partial charge in [0.15, 0.2) is 0 Å². The van der Waals surface area contributed by atoms with E-state index in [1.54, 1.807) is 0 Å². The lowest BCUT2D eigenvalue weighted by molar-refractivity contribution is 0.130. The number of aromatic nitrogens is 2. The number of nitrogens with zero attached hydrogens (tertiary/aromatic N) is 3. The lowest BCUT2D eigenvalue weighted by atomic mass is 10.3.